The van der Waals surface area contributed by atoms with E-state index in [1.807, 2.05) is 6.07 Å². The summed E-state index contributed by atoms with van der Waals surface area (Å²) in [7, 11) is 0. The molecule has 1 aliphatic rings. The van der Waals surface area contributed by atoms with Crippen LogP contribution in [0.25, 0.3) is 0 Å². The Hall–Kier alpha value is -2.14. The summed E-state index contributed by atoms with van der Waals surface area (Å²) in [5.41, 5.74) is 2.07. The average Bonchev–Trinajstić information content (AvgIpc) is 2.58. The van der Waals surface area contributed by atoms with Gasteiger partial charge in [-0.2, -0.15) is 0 Å². The van der Waals surface area contributed by atoms with Crippen molar-refractivity contribution in [3.8, 4) is 0 Å². The molecule has 5 heteroatoms. The zero-order chi connectivity index (χ0) is 15.4. The maximum Gasteiger partial charge on any atom is 0.173 e. The van der Waals surface area contributed by atoms with Gasteiger partial charge in [-0.3, -0.25) is 0 Å². The summed E-state index contributed by atoms with van der Waals surface area (Å²) in [6.45, 7) is 3.63. The Balaban J connectivity index is 1.54. The Kier molecular flexibility index (Phi) is 4.53. The lowest BCUT2D eigenvalue weighted by Gasteiger charge is -2.37. The van der Waals surface area contributed by atoms with Gasteiger partial charge >= 0.3 is 0 Å². The lowest BCUT2D eigenvalue weighted by molar-refractivity contribution is 0.391. The number of para-hydroxylation sites is 1. The van der Waals surface area contributed by atoms with Gasteiger partial charge in [-0.25, -0.2) is 4.39 Å². The third-order valence-corrected chi connectivity index (χ3v) is 4.14. The molecule has 0 amide bonds. The Morgan fingerprint density at radius 1 is 0.909 bits per heavy atom. The van der Waals surface area contributed by atoms with Crippen LogP contribution in [0.1, 0.15) is 0 Å². The summed E-state index contributed by atoms with van der Waals surface area (Å²) >= 11 is 5.45. The van der Waals surface area contributed by atoms with E-state index in [2.05, 4.69) is 39.4 Å². The molecule has 1 fully saturated rings. The second kappa shape index (κ2) is 6.75. The second-order valence-electron chi connectivity index (χ2n) is 5.25. The van der Waals surface area contributed by atoms with Gasteiger partial charge in [0.1, 0.15) is 5.82 Å². The van der Waals surface area contributed by atoms with Crippen LogP contribution in [-0.2, 0) is 0 Å². The highest BCUT2D eigenvalue weighted by molar-refractivity contribution is 7.80. The maximum atomic E-state index is 12.9. The van der Waals surface area contributed by atoms with Crippen LogP contribution in [-0.4, -0.2) is 36.2 Å². The van der Waals surface area contributed by atoms with Crippen molar-refractivity contribution in [2.75, 3.05) is 36.4 Å². The molecule has 1 aliphatic heterocycles. The minimum Gasteiger partial charge on any atom is -0.368 e. The number of nitrogens with one attached hydrogen (secondary N) is 1. The highest BCUT2D eigenvalue weighted by atomic mass is 32.1. The minimum absolute atomic E-state index is 0.243. The van der Waals surface area contributed by atoms with E-state index < -0.39 is 0 Å². The first kappa shape index (κ1) is 14.8. The van der Waals surface area contributed by atoms with E-state index in [0.29, 0.717) is 5.11 Å². The first-order valence-corrected chi connectivity index (χ1v) is 7.75. The number of piperazine rings is 1. The summed E-state index contributed by atoms with van der Waals surface area (Å²) in [6.07, 6.45) is 0. The van der Waals surface area contributed by atoms with E-state index in [1.165, 1.54) is 17.8 Å². The Labute approximate surface area is 135 Å². The van der Waals surface area contributed by atoms with Gasteiger partial charge in [-0.15, -0.1) is 0 Å². The zero-order valence-corrected chi connectivity index (χ0v) is 13.0. The fraction of sp³-hybridized carbons (Fsp3) is 0.235. The van der Waals surface area contributed by atoms with Crippen LogP contribution in [0.4, 0.5) is 15.8 Å². The number of rotatable bonds is 2. The number of halogens is 1. The van der Waals surface area contributed by atoms with Crippen LogP contribution in [0.3, 0.4) is 0 Å². The van der Waals surface area contributed by atoms with E-state index in [9.17, 15) is 4.39 Å². The molecule has 1 N–H and O–H groups in total. The second-order valence-corrected chi connectivity index (χ2v) is 5.63. The van der Waals surface area contributed by atoms with Crippen LogP contribution in [0.2, 0.25) is 0 Å². The number of thiocarbonyl (C=S) groups is 1. The summed E-state index contributed by atoms with van der Waals surface area (Å²) in [5, 5.41) is 3.86. The minimum atomic E-state index is -0.243. The van der Waals surface area contributed by atoms with Gasteiger partial charge in [0.2, 0.25) is 0 Å². The molecule has 3 nitrogen and oxygen atoms in total. The lowest BCUT2D eigenvalue weighted by atomic mass is 10.2. The summed E-state index contributed by atoms with van der Waals surface area (Å²) in [6, 6.07) is 16.7. The number of hydrogen-bond donors (Lipinski definition) is 1. The highest BCUT2D eigenvalue weighted by Gasteiger charge is 2.19. The predicted molar refractivity (Wildman–Crippen MR) is 92.8 cm³/mol. The molecule has 0 saturated carbocycles. The van der Waals surface area contributed by atoms with Crippen molar-refractivity contribution in [1.29, 1.82) is 0 Å². The molecule has 1 saturated heterocycles. The van der Waals surface area contributed by atoms with E-state index in [4.69, 9.17) is 12.2 Å². The highest BCUT2D eigenvalue weighted by Crippen LogP contribution is 2.16. The van der Waals surface area contributed by atoms with Gasteiger partial charge in [0, 0.05) is 37.6 Å². The molecule has 0 bridgehead atoms. The SMILES string of the molecule is Fc1ccc(NC(=S)N2CCN(c3ccccc3)CC2)cc1. The van der Waals surface area contributed by atoms with Gasteiger partial charge in [-0.05, 0) is 48.6 Å². The number of benzene rings is 2. The summed E-state index contributed by atoms with van der Waals surface area (Å²) in [5.74, 6) is -0.243. The molecule has 0 unspecified atom stereocenters. The van der Waals surface area contributed by atoms with E-state index in [0.717, 1.165) is 31.9 Å². The molecule has 22 heavy (non-hydrogen) atoms. The standard InChI is InChI=1S/C17H18FN3S/c18-14-6-8-15(9-7-14)19-17(22)21-12-10-20(11-13-21)16-4-2-1-3-5-16/h1-9H,10-13H2,(H,19,22). The molecule has 1 heterocycles. The number of nitrogens with zero attached hydrogens (tertiary/aromatic N) is 2. The zero-order valence-electron chi connectivity index (χ0n) is 12.2. The van der Waals surface area contributed by atoms with Gasteiger partial charge < -0.3 is 15.1 Å². The molecule has 2 aromatic carbocycles. The van der Waals surface area contributed by atoms with Crippen LogP contribution < -0.4 is 10.2 Å². The van der Waals surface area contributed by atoms with Gasteiger partial charge in [0.05, 0.1) is 0 Å². The fourth-order valence-corrected chi connectivity index (χ4v) is 2.84. The van der Waals surface area contributed by atoms with Crippen LogP contribution in [0.15, 0.2) is 54.6 Å². The molecule has 0 aliphatic carbocycles. The Morgan fingerprint density at radius 2 is 1.55 bits per heavy atom. The molecule has 3 rings (SSSR count). The molecule has 2 aromatic rings. The van der Waals surface area contributed by atoms with Crippen molar-refractivity contribution < 1.29 is 4.39 Å². The van der Waals surface area contributed by atoms with Crippen molar-refractivity contribution in [3.63, 3.8) is 0 Å². The molecule has 0 aromatic heterocycles. The smallest absolute Gasteiger partial charge is 0.173 e. The quantitative estimate of drug-likeness (QED) is 0.856. The third kappa shape index (κ3) is 3.54. The largest absolute Gasteiger partial charge is 0.368 e. The van der Waals surface area contributed by atoms with Crippen LogP contribution in [0.5, 0.6) is 0 Å². The fourth-order valence-electron chi connectivity index (χ4n) is 2.54. The topological polar surface area (TPSA) is 18.5 Å². The third-order valence-electron chi connectivity index (χ3n) is 3.78. The van der Waals surface area contributed by atoms with Crippen molar-refractivity contribution in [2.45, 2.75) is 0 Å². The van der Waals surface area contributed by atoms with E-state index >= 15 is 0 Å². The molecule has 0 spiro atoms. The number of anilines is 2. The molecular formula is C17H18FN3S. The summed E-state index contributed by atoms with van der Waals surface area (Å²) < 4.78 is 12.9. The Bertz CT molecular complexity index is 622. The normalized spacial score (nSPS) is 14.8. The first-order chi connectivity index (χ1) is 10.7. The van der Waals surface area contributed by atoms with Gasteiger partial charge in [0.15, 0.2) is 5.11 Å². The average molecular weight is 315 g/mol. The van der Waals surface area contributed by atoms with Crippen molar-refractivity contribution in [2.24, 2.45) is 0 Å². The molecule has 114 valence electrons. The van der Waals surface area contributed by atoms with E-state index in [1.54, 1.807) is 12.1 Å². The first-order valence-electron chi connectivity index (χ1n) is 7.34. The molecule has 0 radical (unpaired) electrons. The van der Waals surface area contributed by atoms with Gasteiger partial charge in [-0.1, -0.05) is 18.2 Å². The number of hydrogen-bond acceptors (Lipinski definition) is 2. The van der Waals surface area contributed by atoms with E-state index in [-0.39, 0.29) is 5.82 Å². The summed E-state index contributed by atoms with van der Waals surface area (Å²) in [4.78, 5) is 4.51. The molecule has 0 atom stereocenters. The molecular weight excluding hydrogens is 297 g/mol. The van der Waals surface area contributed by atoms with Gasteiger partial charge in [0.25, 0.3) is 0 Å². The van der Waals surface area contributed by atoms with Crippen LogP contribution >= 0.6 is 12.2 Å². The van der Waals surface area contributed by atoms with Crippen molar-refractivity contribution >= 4 is 28.7 Å². The van der Waals surface area contributed by atoms with Crippen molar-refractivity contribution in [3.05, 3.63) is 60.4 Å². The lowest BCUT2D eigenvalue weighted by Crippen LogP contribution is -2.50. The predicted octanol–water partition coefficient (Wildman–Crippen LogP) is 3.34. The maximum absolute atomic E-state index is 12.9. The van der Waals surface area contributed by atoms with Crippen LogP contribution in [0, 0.1) is 5.82 Å². The monoisotopic (exact) mass is 315 g/mol. The van der Waals surface area contributed by atoms with Crippen molar-refractivity contribution in [1.82, 2.24) is 4.90 Å². The Morgan fingerprint density at radius 3 is 2.18 bits per heavy atom.